The van der Waals surface area contributed by atoms with Crippen molar-refractivity contribution in [3.8, 4) is 0 Å². The lowest BCUT2D eigenvalue weighted by molar-refractivity contribution is 0.204. The summed E-state index contributed by atoms with van der Waals surface area (Å²) in [6.45, 7) is 6.15. The van der Waals surface area contributed by atoms with Crippen molar-refractivity contribution in [2.45, 2.75) is 12.8 Å². The fourth-order valence-corrected chi connectivity index (χ4v) is 4.26. The van der Waals surface area contributed by atoms with Crippen LogP contribution in [0.4, 0.5) is 5.69 Å². The Morgan fingerprint density at radius 3 is 2.35 bits per heavy atom. The molecular formula is C18H24N2. The van der Waals surface area contributed by atoms with Crippen LogP contribution in [-0.4, -0.2) is 37.6 Å². The molecule has 1 heterocycles. The molecule has 0 spiro atoms. The molecule has 2 nitrogen and oxygen atoms in total. The van der Waals surface area contributed by atoms with Crippen molar-refractivity contribution in [3.63, 3.8) is 0 Å². The zero-order valence-corrected chi connectivity index (χ0v) is 12.1. The van der Waals surface area contributed by atoms with E-state index in [2.05, 4.69) is 52.3 Å². The first-order chi connectivity index (χ1) is 9.88. The van der Waals surface area contributed by atoms with E-state index in [0.717, 1.165) is 17.8 Å². The lowest BCUT2D eigenvalue weighted by Crippen LogP contribution is -2.48. The normalized spacial score (nSPS) is 33.0. The molecule has 0 amide bonds. The van der Waals surface area contributed by atoms with Crippen molar-refractivity contribution >= 4 is 5.69 Å². The van der Waals surface area contributed by atoms with Crippen LogP contribution >= 0.6 is 0 Å². The van der Waals surface area contributed by atoms with E-state index < -0.39 is 0 Å². The monoisotopic (exact) mass is 268 g/mol. The second kappa shape index (κ2) is 5.25. The molecule has 1 saturated heterocycles. The van der Waals surface area contributed by atoms with Crippen molar-refractivity contribution < 1.29 is 0 Å². The summed E-state index contributed by atoms with van der Waals surface area (Å²) in [5.41, 5.74) is 1.38. The number of fused-ring (bicyclic) bond motifs is 2. The van der Waals surface area contributed by atoms with Gasteiger partial charge in [0.15, 0.2) is 0 Å². The standard InChI is InChI=1S/C18H24N2/c1-2-4-18(5-3-1)20-10-8-19(9-11-20)14-17-13-15-6-7-16(17)12-15/h1-7,15-17H,8-14H2/t15-,16+,17+/m1/s1. The molecule has 1 saturated carbocycles. The van der Waals surface area contributed by atoms with Crippen molar-refractivity contribution in [1.29, 1.82) is 0 Å². The third-order valence-corrected chi connectivity index (χ3v) is 5.40. The molecule has 3 aliphatic rings. The van der Waals surface area contributed by atoms with Crippen LogP contribution in [0.3, 0.4) is 0 Å². The van der Waals surface area contributed by atoms with E-state index in [1.807, 2.05) is 0 Å². The van der Waals surface area contributed by atoms with Crippen LogP contribution in [0.1, 0.15) is 12.8 Å². The molecule has 1 aliphatic heterocycles. The summed E-state index contributed by atoms with van der Waals surface area (Å²) in [5.74, 6) is 2.75. The maximum atomic E-state index is 2.69. The van der Waals surface area contributed by atoms with Gasteiger partial charge in [0.2, 0.25) is 0 Å². The molecule has 2 aliphatic carbocycles. The Hall–Kier alpha value is -1.28. The van der Waals surface area contributed by atoms with Crippen LogP contribution in [0, 0.1) is 17.8 Å². The molecule has 4 rings (SSSR count). The summed E-state index contributed by atoms with van der Waals surface area (Å²) in [5, 5.41) is 0. The van der Waals surface area contributed by atoms with Gasteiger partial charge in [-0.1, -0.05) is 30.4 Å². The first-order valence-corrected chi connectivity index (χ1v) is 8.09. The van der Waals surface area contributed by atoms with Gasteiger partial charge in [0.25, 0.3) is 0 Å². The van der Waals surface area contributed by atoms with Gasteiger partial charge in [0, 0.05) is 38.4 Å². The van der Waals surface area contributed by atoms with Crippen LogP contribution in [-0.2, 0) is 0 Å². The van der Waals surface area contributed by atoms with Gasteiger partial charge in [-0.25, -0.2) is 0 Å². The number of anilines is 1. The summed E-state index contributed by atoms with van der Waals surface area (Å²) in [6.07, 6.45) is 7.82. The summed E-state index contributed by atoms with van der Waals surface area (Å²) < 4.78 is 0. The minimum Gasteiger partial charge on any atom is -0.369 e. The molecular weight excluding hydrogens is 244 g/mol. The van der Waals surface area contributed by atoms with Gasteiger partial charge in [0.05, 0.1) is 0 Å². The molecule has 1 aromatic carbocycles. The Morgan fingerprint density at radius 2 is 1.70 bits per heavy atom. The molecule has 20 heavy (non-hydrogen) atoms. The summed E-state index contributed by atoms with van der Waals surface area (Å²) in [7, 11) is 0. The molecule has 0 N–H and O–H groups in total. The van der Waals surface area contributed by atoms with E-state index >= 15 is 0 Å². The first-order valence-electron chi connectivity index (χ1n) is 8.09. The number of rotatable bonds is 3. The van der Waals surface area contributed by atoms with Crippen molar-refractivity contribution in [3.05, 3.63) is 42.5 Å². The van der Waals surface area contributed by atoms with Gasteiger partial charge < -0.3 is 4.90 Å². The first kappa shape index (κ1) is 12.5. The molecule has 0 aromatic heterocycles. The maximum absolute atomic E-state index is 2.69. The minimum atomic E-state index is 0.896. The SMILES string of the molecule is C1=C[C@H]2C[C@@H]1C[C@H]2CN1CCN(c2ccccc2)CC1. The number of para-hydroxylation sites is 1. The van der Waals surface area contributed by atoms with Gasteiger partial charge in [-0.15, -0.1) is 0 Å². The van der Waals surface area contributed by atoms with Gasteiger partial charge in [-0.3, -0.25) is 4.90 Å². The van der Waals surface area contributed by atoms with Crippen LogP contribution < -0.4 is 4.90 Å². The number of hydrogen-bond donors (Lipinski definition) is 0. The molecule has 0 radical (unpaired) electrons. The van der Waals surface area contributed by atoms with Gasteiger partial charge >= 0.3 is 0 Å². The number of benzene rings is 1. The second-order valence-electron chi connectivity index (χ2n) is 6.66. The third-order valence-electron chi connectivity index (χ3n) is 5.40. The van der Waals surface area contributed by atoms with E-state index in [1.54, 1.807) is 0 Å². The highest BCUT2D eigenvalue weighted by atomic mass is 15.3. The van der Waals surface area contributed by atoms with Crippen LogP contribution in [0.5, 0.6) is 0 Å². The fraction of sp³-hybridized carbons (Fsp3) is 0.556. The average Bonchev–Trinajstić information content (AvgIpc) is 3.12. The van der Waals surface area contributed by atoms with E-state index in [0.29, 0.717) is 0 Å². The van der Waals surface area contributed by atoms with Crippen molar-refractivity contribution in [2.75, 3.05) is 37.6 Å². The lowest BCUT2D eigenvalue weighted by Gasteiger charge is -2.38. The Kier molecular flexibility index (Phi) is 3.27. The zero-order valence-electron chi connectivity index (χ0n) is 12.1. The predicted molar refractivity (Wildman–Crippen MR) is 83.9 cm³/mol. The maximum Gasteiger partial charge on any atom is 0.0367 e. The molecule has 2 fully saturated rings. The van der Waals surface area contributed by atoms with E-state index in [1.165, 1.54) is 51.3 Å². The zero-order chi connectivity index (χ0) is 13.4. The van der Waals surface area contributed by atoms with Crippen molar-refractivity contribution in [1.82, 2.24) is 4.90 Å². The van der Waals surface area contributed by atoms with Gasteiger partial charge in [0.1, 0.15) is 0 Å². The Bertz CT molecular complexity index is 473. The number of allylic oxidation sites excluding steroid dienone is 2. The van der Waals surface area contributed by atoms with Crippen LogP contribution in [0.25, 0.3) is 0 Å². The van der Waals surface area contributed by atoms with E-state index in [-0.39, 0.29) is 0 Å². The highest BCUT2D eigenvalue weighted by Crippen LogP contribution is 2.43. The fourth-order valence-electron chi connectivity index (χ4n) is 4.26. The highest BCUT2D eigenvalue weighted by molar-refractivity contribution is 5.46. The summed E-state index contributed by atoms with van der Waals surface area (Å²) >= 11 is 0. The smallest absolute Gasteiger partial charge is 0.0367 e. The number of hydrogen-bond acceptors (Lipinski definition) is 2. The quantitative estimate of drug-likeness (QED) is 0.778. The van der Waals surface area contributed by atoms with Gasteiger partial charge in [-0.05, 0) is 42.7 Å². The lowest BCUT2D eigenvalue weighted by atomic mass is 9.93. The Labute approximate surface area is 122 Å². The number of piperazine rings is 1. The van der Waals surface area contributed by atoms with Crippen LogP contribution in [0.15, 0.2) is 42.5 Å². The molecule has 3 atom stereocenters. The van der Waals surface area contributed by atoms with E-state index in [9.17, 15) is 0 Å². The second-order valence-corrected chi connectivity index (χ2v) is 6.66. The largest absolute Gasteiger partial charge is 0.369 e. The summed E-state index contributed by atoms with van der Waals surface area (Å²) in [4.78, 5) is 5.22. The van der Waals surface area contributed by atoms with Gasteiger partial charge in [-0.2, -0.15) is 0 Å². The number of nitrogens with zero attached hydrogens (tertiary/aromatic N) is 2. The molecule has 0 unspecified atom stereocenters. The molecule has 1 aromatic rings. The van der Waals surface area contributed by atoms with Crippen LogP contribution in [0.2, 0.25) is 0 Å². The molecule has 106 valence electrons. The van der Waals surface area contributed by atoms with E-state index in [4.69, 9.17) is 0 Å². The minimum absolute atomic E-state index is 0.896. The highest BCUT2D eigenvalue weighted by Gasteiger charge is 2.36. The van der Waals surface area contributed by atoms with Crippen molar-refractivity contribution in [2.24, 2.45) is 17.8 Å². The topological polar surface area (TPSA) is 6.48 Å². The summed E-state index contributed by atoms with van der Waals surface area (Å²) in [6, 6.07) is 10.8. The average molecular weight is 268 g/mol. The third kappa shape index (κ3) is 2.37. The predicted octanol–water partition coefficient (Wildman–Crippen LogP) is 3.02. The molecule has 2 bridgehead atoms. The molecule has 2 heteroatoms. The Morgan fingerprint density at radius 1 is 0.900 bits per heavy atom. The Balaban J connectivity index is 1.31.